The Morgan fingerprint density at radius 1 is 0.700 bits per heavy atom. The molecule has 0 aromatic heterocycles. The van der Waals surface area contributed by atoms with Crippen molar-refractivity contribution in [2.45, 2.75) is 69.7 Å². The summed E-state index contributed by atoms with van der Waals surface area (Å²) in [6.07, 6.45) is 2.50. The zero-order valence-electron chi connectivity index (χ0n) is 23.3. The number of carbonyl (C=O) groups excluding carboxylic acids is 3. The van der Waals surface area contributed by atoms with Crippen LogP contribution in [0, 0.1) is 17.8 Å². The molecule has 4 aliphatic carbocycles. The second-order valence-corrected chi connectivity index (χ2v) is 13.0. The molecule has 5 aliphatic rings. The molecular formula is C35H35NO4. The van der Waals surface area contributed by atoms with Gasteiger partial charge in [-0.1, -0.05) is 81.4 Å². The quantitative estimate of drug-likeness (QED) is 0.224. The normalized spacial score (nSPS) is 28.6. The predicted octanol–water partition coefficient (Wildman–Crippen LogP) is 6.34. The lowest BCUT2D eigenvalue weighted by Crippen LogP contribution is -2.44. The maximum Gasteiger partial charge on any atom is 0.314 e. The van der Waals surface area contributed by atoms with E-state index in [1.165, 1.54) is 27.8 Å². The summed E-state index contributed by atoms with van der Waals surface area (Å²) in [7, 11) is 0. The van der Waals surface area contributed by atoms with Crippen molar-refractivity contribution in [3.05, 3.63) is 101 Å². The van der Waals surface area contributed by atoms with E-state index in [1.807, 2.05) is 48.5 Å². The van der Waals surface area contributed by atoms with Gasteiger partial charge in [0.2, 0.25) is 11.8 Å². The summed E-state index contributed by atoms with van der Waals surface area (Å²) in [4.78, 5) is 42.6. The highest BCUT2D eigenvalue weighted by molar-refractivity contribution is 6.08. The van der Waals surface area contributed by atoms with Crippen molar-refractivity contribution in [3.63, 3.8) is 0 Å². The Morgan fingerprint density at radius 3 is 1.57 bits per heavy atom. The number of imide groups is 1. The molecule has 40 heavy (non-hydrogen) atoms. The molecule has 2 fully saturated rings. The minimum absolute atomic E-state index is 0.0287. The van der Waals surface area contributed by atoms with E-state index in [0.29, 0.717) is 31.4 Å². The number of nitrogens with zero attached hydrogens (tertiary/aromatic N) is 1. The number of benzene rings is 3. The number of hydrogen-bond donors (Lipinski definition) is 0. The molecule has 5 nitrogen and oxygen atoms in total. The molecule has 1 saturated carbocycles. The van der Waals surface area contributed by atoms with Gasteiger partial charge in [0, 0.05) is 17.9 Å². The van der Waals surface area contributed by atoms with Crippen molar-refractivity contribution in [2.75, 3.05) is 0 Å². The van der Waals surface area contributed by atoms with Gasteiger partial charge in [-0.25, -0.2) is 0 Å². The van der Waals surface area contributed by atoms with Gasteiger partial charge in [0.1, 0.15) is 5.75 Å². The van der Waals surface area contributed by atoms with Crippen LogP contribution in [-0.4, -0.2) is 28.7 Å². The first kappa shape index (κ1) is 25.3. The number of esters is 1. The van der Waals surface area contributed by atoms with Gasteiger partial charge in [-0.3, -0.25) is 19.3 Å². The molecule has 0 N–H and O–H groups in total. The molecule has 0 unspecified atom stereocenters. The van der Waals surface area contributed by atoms with Crippen LogP contribution < -0.4 is 4.74 Å². The van der Waals surface area contributed by atoms with E-state index in [2.05, 4.69) is 45.0 Å². The van der Waals surface area contributed by atoms with Crippen molar-refractivity contribution in [1.29, 1.82) is 0 Å². The highest BCUT2D eigenvalue weighted by Gasteiger charge is 2.62. The molecular weight excluding hydrogens is 498 g/mol. The minimum Gasteiger partial charge on any atom is -0.426 e. The summed E-state index contributed by atoms with van der Waals surface area (Å²) in [5.41, 5.74) is 5.99. The number of hydrogen-bond acceptors (Lipinski definition) is 4. The Morgan fingerprint density at radius 2 is 1.15 bits per heavy atom. The smallest absolute Gasteiger partial charge is 0.314 e. The van der Waals surface area contributed by atoms with Crippen LogP contribution in [0.5, 0.6) is 5.75 Å². The van der Waals surface area contributed by atoms with Gasteiger partial charge in [-0.2, -0.15) is 0 Å². The van der Waals surface area contributed by atoms with E-state index in [9.17, 15) is 14.4 Å². The monoisotopic (exact) mass is 533 g/mol. The SMILES string of the molecule is CC(C)(C)c1ccc(OC(=O)C2CCC(N3C(=O)[C@@H]4C5c6ccccc6C(c6ccccc65)[C@H]4C3=O)CC2)cc1. The average molecular weight is 534 g/mol. The molecule has 1 heterocycles. The van der Waals surface area contributed by atoms with Crippen LogP contribution in [0.4, 0.5) is 0 Å². The van der Waals surface area contributed by atoms with Crippen molar-refractivity contribution in [1.82, 2.24) is 4.90 Å². The molecule has 3 aromatic carbocycles. The van der Waals surface area contributed by atoms with Crippen LogP contribution in [0.3, 0.4) is 0 Å². The zero-order chi connectivity index (χ0) is 27.8. The van der Waals surface area contributed by atoms with Gasteiger partial charge in [0.05, 0.1) is 17.8 Å². The Bertz CT molecular complexity index is 1390. The van der Waals surface area contributed by atoms with Gasteiger partial charge < -0.3 is 4.74 Å². The highest BCUT2D eigenvalue weighted by Crippen LogP contribution is 2.61. The molecule has 2 bridgehead atoms. The van der Waals surface area contributed by atoms with Crippen LogP contribution >= 0.6 is 0 Å². The summed E-state index contributed by atoms with van der Waals surface area (Å²) in [5.74, 6) is -0.805. The van der Waals surface area contributed by atoms with Crippen molar-refractivity contribution < 1.29 is 19.1 Å². The van der Waals surface area contributed by atoms with Crippen molar-refractivity contribution >= 4 is 17.8 Å². The fourth-order valence-corrected chi connectivity index (χ4v) is 7.85. The van der Waals surface area contributed by atoms with E-state index in [1.54, 1.807) is 4.90 Å². The number of carbonyl (C=O) groups is 3. The lowest BCUT2D eigenvalue weighted by atomic mass is 9.55. The molecule has 2 atom stereocenters. The maximum absolute atomic E-state index is 14.0. The summed E-state index contributed by atoms with van der Waals surface area (Å²) in [5, 5.41) is 0. The second kappa shape index (κ2) is 9.15. The lowest BCUT2D eigenvalue weighted by Gasteiger charge is -2.45. The third-order valence-electron chi connectivity index (χ3n) is 9.82. The Kier molecular flexibility index (Phi) is 5.78. The lowest BCUT2D eigenvalue weighted by molar-refractivity contribution is -0.144. The van der Waals surface area contributed by atoms with Gasteiger partial charge in [0.15, 0.2) is 0 Å². The van der Waals surface area contributed by atoms with Gasteiger partial charge in [-0.05, 0) is 71.0 Å². The molecule has 8 rings (SSSR count). The second-order valence-electron chi connectivity index (χ2n) is 13.0. The summed E-state index contributed by atoms with van der Waals surface area (Å²) >= 11 is 0. The van der Waals surface area contributed by atoms with Gasteiger partial charge in [0.25, 0.3) is 0 Å². The number of rotatable bonds is 3. The van der Waals surface area contributed by atoms with E-state index in [-0.39, 0.29) is 58.8 Å². The van der Waals surface area contributed by atoms with Crippen molar-refractivity contribution in [2.24, 2.45) is 17.8 Å². The third kappa shape index (κ3) is 3.77. The number of likely N-dealkylation sites (tertiary alicyclic amines) is 1. The van der Waals surface area contributed by atoms with Gasteiger partial charge in [-0.15, -0.1) is 0 Å². The summed E-state index contributed by atoms with van der Waals surface area (Å²) in [6, 6.07) is 24.2. The van der Waals surface area contributed by atoms with E-state index >= 15 is 0 Å². The summed E-state index contributed by atoms with van der Waals surface area (Å²) in [6.45, 7) is 6.46. The fourth-order valence-electron chi connectivity index (χ4n) is 7.85. The number of amides is 2. The van der Waals surface area contributed by atoms with E-state index < -0.39 is 0 Å². The van der Waals surface area contributed by atoms with Crippen LogP contribution in [0.15, 0.2) is 72.8 Å². The third-order valence-corrected chi connectivity index (χ3v) is 9.82. The van der Waals surface area contributed by atoms with E-state index in [0.717, 1.165) is 0 Å². The Labute approximate surface area is 235 Å². The van der Waals surface area contributed by atoms with Crippen LogP contribution in [-0.2, 0) is 19.8 Å². The first-order valence-corrected chi connectivity index (χ1v) is 14.6. The van der Waals surface area contributed by atoms with Crippen LogP contribution in [0.2, 0.25) is 0 Å². The molecule has 1 saturated heterocycles. The molecule has 204 valence electrons. The number of ether oxygens (including phenoxy) is 1. The Balaban J connectivity index is 1.07. The zero-order valence-corrected chi connectivity index (χ0v) is 23.3. The minimum atomic E-state index is -0.346. The fraction of sp³-hybridized carbons (Fsp3) is 0.400. The van der Waals surface area contributed by atoms with Crippen molar-refractivity contribution in [3.8, 4) is 5.75 Å². The molecule has 5 heteroatoms. The highest BCUT2D eigenvalue weighted by atomic mass is 16.5. The molecule has 0 spiro atoms. The Hall–Kier alpha value is -3.73. The molecule has 1 aliphatic heterocycles. The molecule has 3 aromatic rings. The average Bonchev–Trinajstić information content (AvgIpc) is 3.23. The summed E-state index contributed by atoms with van der Waals surface area (Å²) < 4.78 is 5.72. The predicted molar refractivity (Wildman–Crippen MR) is 152 cm³/mol. The van der Waals surface area contributed by atoms with E-state index in [4.69, 9.17) is 4.74 Å². The van der Waals surface area contributed by atoms with Crippen LogP contribution in [0.25, 0.3) is 0 Å². The first-order valence-electron chi connectivity index (χ1n) is 14.6. The topological polar surface area (TPSA) is 63.7 Å². The molecule has 0 radical (unpaired) electrons. The standard InChI is InChI=1S/C35H35NO4/c1-35(2,3)21-14-18-23(19-15-21)40-34(39)20-12-16-22(17-13-20)36-32(37)30-28-24-8-4-5-9-25(24)29(31(30)33(36)38)27-11-7-6-10-26(27)28/h4-11,14-15,18-20,22,28-31H,12-13,16-17H2,1-3H3/t20?,22?,28?,29?,30-,31-/m1/s1. The largest absolute Gasteiger partial charge is 0.426 e. The van der Waals surface area contributed by atoms with Crippen LogP contribution in [0.1, 0.15) is 86.1 Å². The van der Waals surface area contributed by atoms with Gasteiger partial charge >= 0.3 is 5.97 Å². The molecule has 2 amide bonds. The first-order chi connectivity index (χ1) is 19.2. The maximum atomic E-state index is 14.0.